The standard InChI is InChI=1S/C26H34N4O.CH5N/c1-5-8-11-21-18(4)26(23-13-10-9-12-22(23)25(28)24(21)27)29-31-20-16-14-19(15-17-20)30(6-2)7-3;1-2/h5,8-13,19-20,27-28H,1,6-7,14-17H2,2-4H3;2H2,1H3/b11-8-,27-24?,28-25?,29-26-;. The van der Waals surface area contributed by atoms with E-state index in [0.29, 0.717) is 22.9 Å². The largest absolute Gasteiger partial charge is 0.392 e. The normalized spacial score (nSPS) is 22.2. The first-order valence-electron chi connectivity index (χ1n) is 11.8. The number of allylic oxidation sites excluding steroid dienone is 5. The van der Waals surface area contributed by atoms with Crippen LogP contribution in [0.3, 0.4) is 0 Å². The first-order valence-corrected chi connectivity index (χ1v) is 11.8. The van der Waals surface area contributed by atoms with Crippen LogP contribution in [0, 0.1) is 10.8 Å². The van der Waals surface area contributed by atoms with Gasteiger partial charge in [0.2, 0.25) is 0 Å². The zero-order chi connectivity index (χ0) is 24.4. The summed E-state index contributed by atoms with van der Waals surface area (Å²) in [6.45, 7) is 12.3. The van der Waals surface area contributed by atoms with E-state index in [1.165, 1.54) is 7.05 Å². The number of nitrogens with two attached hydrogens (primary N) is 1. The average Bonchev–Trinajstić information content (AvgIpc) is 2.93. The van der Waals surface area contributed by atoms with Crippen molar-refractivity contribution in [3.05, 3.63) is 71.3 Å². The Hall–Kier alpha value is -2.83. The number of fused-ring (bicyclic) bond motifs is 1. The van der Waals surface area contributed by atoms with Gasteiger partial charge in [-0.1, -0.05) is 68.1 Å². The molecule has 0 amide bonds. The van der Waals surface area contributed by atoms with Gasteiger partial charge in [-0.3, -0.25) is 10.8 Å². The van der Waals surface area contributed by atoms with Crippen molar-refractivity contribution in [2.75, 3.05) is 20.1 Å². The lowest BCUT2D eigenvalue weighted by atomic mass is 9.92. The topological polar surface area (TPSA) is 98.5 Å². The summed E-state index contributed by atoms with van der Waals surface area (Å²) >= 11 is 0. The van der Waals surface area contributed by atoms with Gasteiger partial charge in [0.05, 0.1) is 11.4 Å². The van der Waals surface area contributed by atoms with Gasteiger partial charge in [0.25, 0.3) is 0 Å². The van der Waals surface area contributed by atoms with Gasteiger partial charge in [-0.25, -0.2) is 0 Å². The van der Waals surface area contributed by atoms with Crippen LogP contribution in [0.5, 0.6) is 0 Å². The number of oxime groups is 1. The lowest BCUT2D eigenvalue weighted by Gasteiger charge is -2.34. The van der Waals surface area contributed by atoms with E-state index in [4.69, 9.17) is 15.7 Å². The molecule has 0 aliphatic heterocycles. The molecule has 1 aromatic rings. The molecule has 0 radical (unpaired) electrons. The van der Waals surface area contributed by atoms with E-state index >= 15 is 0 Å². The van der Waals surface area contributed by atoms with Crippen molar-refractivity contribution in [3.63, 3.8) is 0 Å². The second-order valence-electron chi connectivity index (χ2n) is 8.13. The van der Waals surface area contributed by atoms with E-state index in [-0.39, 0.29) is 17.5 Å². The van der Waals surface area contributed by atoms with Gasteiger partial charge in [0.15, 0.2) is 0 Å². The fraction of sp³-hybridized carbons (Fsp3) is 0.444. The molecule has 4 N–H and O–H groups in total. The molecule has 33 heavy (non-hydrogen) atoms. The zero-order valence-corrected chi connectivity index (χ0v) is 20.5. The number of benzene rings is 1. The molecule has 2 aliphatic rings. The number of rotatable bonds is 7. The first kappa shape index (κ1) is 26.4. The summed E-state index contributed by atoms with van der Waals surface area (Å²) in [5, 5.41) is 21.8. The van der Waals surface area contributed by atoms with E-state index < -0.39 is 0 Å². The Balaban J connectivity index is 0.00000187. The van der Waals surface area contributed by atoms with Crippen LogP contribution in [-0.4, -0.2) is 54.3 Å². The molecule has 178 valence electrons. The molecule has 0 spiro atoms. The highest BCUT2D eigenvalue weighted by Gasteiger charge is 2.28. The molecule has 2 aliphatic carbocycles. The van der Waals surface area contributed by atoms with Crippen molar-refractivity contribution < 1.29 is 4.84 Å². The molecule has 0 aromatic heterocycles. The van der Waals surface area contributed by atoms with Crippen LogP contribution >= 0.6 is 0 Å². The second kappa shape index (κ2) is 13.0. The third-order valence-electron chi connectivity index (χ3n) is 6.39. The number of nitrogens with one attached hydrogen (secondary N) is 2. The fourth-order valence-electron chi connectivity index (χ4n) is 4.57. The minimum Gasteiger partial charge on any atom is -0.392 e. The lowest BCUT2D eigenvalue weighted by molar-refractivity contribution is 0.0119. The summed E-state index contributed by atoms with van der Waals surface area (Å²) in [4.78, 5) is 8.61. The summed E-state index contributed by atoms with van der Waals surface area (Å²) in [6, 6.07) is 8.32. The molecule has 0 heterocycles. The Morgan fingerprint density at radius 1 is 1.06 bits per heavy atom. The molecule has 3 rings (SSSR count). The molecule has 0 atom stereocenters. The summed E-state index contributed by atoms with van der Waals surface area (Å²) in [6.07, 6.45) is 9.66. The van der Waals surface area contributed by atoms with Gasteiger partial charge < -0.3 is 15.5 Å². The molecule has 6 nitrogen and oxygen atoms in total. The number of nitrogens with zero attached hydrogens (tertiary/aromatic N) is 2. The van der Waals surface area contributed by atoms with Crippen molar-refractivity contribution in [2.24, 2.45) is 10.9 Å². The van der Waals surface area contributed by atoms with Crippen LogP contribution in [0.4, 0.5) is 0 Å². The highest BCUT2D eigenvalue weighted by molar-refractivity contribution is 6.55. The summed E-state index contributed by atoms with van der Waals surface area (Å²) in [7, 11) is 1.50. The Morgan fingerprint density at radius 2 is 1.67 bits per heavy atom. The maximum atomic E-state index is 8.58. The number of hydrogen-bond acceptors (Lipinski definition) is 6. The van der Waals surface area contributed by atoms with E-state index in [2.05, 4.69) is 36.2 Å². The Kier molecular flexibility index (Phi) is 10.4. The average molecular weight is 450 g/mol. The molecule has 1 saturated carbocycles. The maximum absolute atomic E-state index is 8.58. The SMILES string of the molecule is C=C\C=C/C1=C(C)/C(=N/OC2CCC(N(CC)CC)CC2)c2ccccc2C(=N)C1=N.CN. The summed E-state index contributed by atoms with van der Waals surface area (Å²) in [5.41, 5.74) is 8.66. The van der Waals surface area contributed by atoms with Crippen LogP contribution in [0.25, 0.3) is 0 Å². The third-order valence-corrected chi connectivity index (χ3v) is 6.39. The minimum absolute atomic E-state index is 0.105. The minimum atomic E-state index is 0.105. The summed E-state index contributed by atoms with van der Waals surface area (Å²) in [5.74, 6) is 0. The van der Waals surface area contributed by atoms with Gasteiger partial charge in [-0.05, 0) is 58.3 Å². The van der Waals surface area contributed by atoms with Crippen LogP contribution < -0.4 is 5.73 Å². The smallest absolute Gasteiger partial charge is 0.127 e. The van der Waals surface area contributed by atoms with Crippen molar-refractivity contribution >= 4 is 17.1 Å². The lowest BCUT2D eigenvalue weighted by Crippen LogP contribution is -2.39. The van der Waals surface area contributed by atoms with Gasteiger partial charge in [0.1, 0.15) is 11.8 Å². The Bertz CT molecular complexity index is 932. The highest BCUT2D eigenvalue weighted by atomic mass is 16.6. The van der Waals surface area contributed by atoms with E-state index in [1.807, 2.05) is 37.3 Å². The Morgan fingerprint density at radius 3 is 2.24 bits per heavy atom. The van der Waals surface area contributed by atoms with Gasteiger partial charge in [0, 0.05) is 22.7 Å². The van der Waals surface area contributed by atoms with Crippen molar-refractivity contribution in [3.8, 4) is 0 Å². The molecular weight excluding hydrogens is 410 g/mol. The first-order chi connectivity index (χ1) is 16.0. The maximum Gasteiger partial charge on any atom is 0.127 e. The Labute approximate surface area is 198 Å². The van der Waals surface area contributed by atoms with Gasteiger partial charge >= 0.3 is 0 Å². The van der Waals surface area contributed by atoms with E-state index in [0.717, 1.165) is 49.9 Å². The molecule has 0 unspecified atom stereocenters. The van der Waals surface area contributed by atoms with Gasteiger partial charge in [-0.15, -0.1) is 0 Å². The van der Waals surface area contributed by atoms with Crippen LogP contribution in [0.1, 0.15) is 57.6 Å². The van der Waals surface area contributed by atoms with E-state index in [1.54, 1.807) is 12.2 Å². The molecule has 1 fully saturated rings. The molecule has 0 saturated heterocycles. The molecule has 0 bridgehead atoms. The van der Waals surface area contributed by atoms with Crippen molar-refractivity contribution in [1.82, 2.24) is 4.90 Å². The summed E-state index contributed by atoms with van der Waals surface area (Å²) < 4.78 is 0. The van der Waals surface area contributed by atoms with Crippen LogP contribution in [0.15, 0.2) is 65.4 Å². The van der Waals surface area contributed by atoms with Gasteiger partial charge in [-0.2, -0.15) is 0 Å². The van der Waals surface area contributed by atoms with Crippen molar-refractivity contribution in [1.29, 1.82) is 10.8 Å². The fourth-order valence-corrected chi connectivity index (χ4v) is 4.57. The van der Waals surface area contributed by atoms with Crippen LogP contribution in [-0.2, 0) is 4.84 Å². The zero-order valence-electron chi connectivity index (χ0n) is 20.5. The predicted octanol–water partition coefficient (Wildman–Crippen LogP) is 5.10. The second-order valence-corrected chi connectivity index (χ2v) is 8.13. The van der Waals surface area contributed by atoms with E-state index in [9.17, 15) is 0 Å². The molecular formula is C27H39N5O. The number of hydrogen-bond donors (Lipinski definition) is 3. The molecule has 1 aromatic carbocycles. The van der Waals surface area contributed by atoms with Crippen LogP contribution in [0.2, 0.25) is 0 Å². The molecule has 6 heteroatoms. The van der Waals surface area contributed by atoms with Crippen molar-refractivity contribution in [2.45, 2.75) is 58.6 Å². The predicted molar refractivity (Wildman–Crippen MR) is 140 cm³/mol. The third kappa shape index (κ3) is 6.15. The monoisotopic (exact) mass is 449 g/mol. The quantitative estimate of drug-likeness (QED) is 0.399. The highest BCUT2D eigenvalue weighted by Crippen LogP contribution is 2.28.